The summed E-state index contributed by atoms with van der Waals surface area (Å²) in [6, 6.07) is 33.2. The van der Waals surface area contributed by atoms with E-state index < -0.39 is 11.9 Å². The molecule has 2 aliphatic carbocycles. The van der Waals surface area contributed by atoms with Gasteiger partial charge in [-0.05, 0) is 141 Å². The van der Waals surface area contributed by atoms with Crippen molar-refractivity contribution in [1.29, 1.82) is 0 Å². The summed E-state index contributed by atoms with van der Waals surface area (Å²) < 4.78 is 30.0. The molecule has 0 unspecified atom stereocenters. The Balaban J connectivity index is 1.04. The first-order valence-electron chi connectivity index (χ1n) is 22.4. The van der Waals surface area contributed by atoms with Crippen LogP contribution in [0.15, 0.2) is 128 Å². The first-order valence-corrected chi connectivity index (χ1v) is 22.4. The van der Waals surface area contributed by atoms with Crippen LogP contribution >= 0.6 is 0 Å². The van der Waals surface area contributed by atoms with Gasteiger partial charge in [-0.25, -0.2) is 4.79 Å². The summed E-state index contributed by atoms with van der Waals surface area (Å²) in [4.78, 5) is 40.7. The quantitative estimate of drug-likeness (QED) is 0.0608. The lowest BCUT2D eigenvalue weighted by Crippen LogP contribution is -2.20. The minimum Gasteiger partial charge on any atom is -0.493 e. The van der Waals surface area contributed by atoms with E-state index in [1.54, 1.807) is 26.6 Å². The van der Waals surface area contributed by atoms with Crippen LogP contribution in [0, 0.1) is 0 Å². The molecular formula is C53H56N4O7. The molecule has 2 aromatic heterocycles. The van der Waals surface area contributed by atoms with Crippen molar-refractivity contribution in [3.05, 3.63) is 156 Å². The normalized spacial score (nSPS) is 13.9. The van der Waals surface area contributed by atoms with E-state index in [0.29, 0.717) is 53.6 Å². The number of carbonyl (C=O) groups excluding carboxylic acids is 2. The smallest absolute Gasteiger partial charge is 0.346 e. The molecular weight excluding hydrogens is 805 g/mol. The number of nitrogens with zero attached hydrogens (tertiary/aromatic N) is 4. The molecule has 0 aliphatic heterocycles. The van der Waals surface area contributed by atoms with Gasteiger partial charge in [0.2, 0.25) is 0 Å². The molecule has 2 saturated carbocycles. The van der Waals surface area contributed by atoms with Crippen molar-refractivity contribution < 1.29 is 33.3 Å². The number of aryl methyl sites for hydroxylation is 1. The fourth-order valence-corrected chi connectivity index (χ4v) is 8.66. The van der Waals surface area contributed by atoms with Gasteiger partial charge in [-0.1, -0.05) is 37.3 Å². The number of aromatic nitrogens is 2. The van der Waals surface area contributed by atoms with E-state index in [9.17, 15) is 9.59 Å². The van der Waals surface area contributed by atoms with Crippen LogP contribution in [0.1, 0.15) is 90.9 Å². The Morgan fingerprint density at radius 2 is 1.08 bits per heavy atom. The summed E-state index contributed by atoms with van der Waals surface area (Å²) in [5.74, 6) is 1.35. The van der Waals surface area contributed by atoms with Crippen LogP contribution in [0.2, 0.25) is 0 Å². The second-order valence-electron chi connectivity index (χ2n) is 16.4. The van der Waals surface area contributed by atoms with E-state index in [1.165, 1.54) is 0 Å². The highest BCUT2D eigenvalue weighted by Gasteiger charge is 2.24. The summed E-state index contributed by atoms with van der Waals surface area (Å²) >= 11 is 0. The molecule has 0 bridgehead atoms. The van der Waals surface area contributed by atoms with E-state index in [4.69, 9.17) is 23.7 Å². The van der Waals surface area contributed by atoms with E-state index in [2.05, 4.69) is 19.8 Å². The molecule has 330 valence electrons. The van der Waals surface area contributed by atoms with Crippen LogP contribution < -0.4 is 28.7 Å². The first-order chi connectivity index (χ1) is 31.4. The fourth-order valence-electron chi connectivity index (χ4n) is 8.66. The van der Waals surface area contributed by atoms with E-state index in [0.717, 1.165) is 90.8 Å². The average Bonchev–Trinajstić information content (AvgIpc) is 4.06. The highest BCUT2D eigenvalue weighted by Crippen LogP contribution is 2.40. The van der Waals surface area contributed by atoms with Crippen molar-refractivity contribution in [3.63, 3.8) is 0 Å². The van der Waals surface area contributed by atoms with Crippen molar-refractivity contribution in [2.45, 2.75) is 96.4 Å². The van der Waals surface area contributed by atoms with Crippen LogP contribution in [-0.4, -0.2) is 48.3 Å². The first kappa shape index (κ1) is 43.8. The van der Waals surface area contributed by atoms with Crippen molar-refractivity contribution in [2.75, 3.05) is 24.0 Å². The second-order valence-corrected chi connectivity index (χ2v) is 16.4. The van der Waals surface area contributed by atoms with Gasteiger partial charge in [-0.15, -0.1) is 0 Å². The topological polar surface area (TPSA) is 113 Å². The molecule has 11 nitrogen and oxygen atoms in total. The summed E-state index contributed by atoms with van der Waals surface area (Å²) in [6.07, 6.45) is 16.6. The van der Waals surface area contributed by atoms with Gasteiger partial charge in [0.05, 0.1) is 38.4 Å². The van der Waals surface area contributed by atoms with Gasteiger partial charge >= 0.3 is 11.9 Å². The number of rotatable bonds is 18. The number of hydrogen-bond donors (Lipinski definition) is 0. The Bertz CT molecular complexity index is 2500. The zero-order chi connectivity index (χ0) is 44.3. The molecule has 0 atom stereocenters. The summed E-state index contributed by atoms with van der Waals surface area (Å²) in [7, 11) is 3.30. The van der Waals surface area contributed by atoms with Crippen LogP contribution in [0.25, 0.3) is 0 Å². The Labute approximate surface area is 375 Å². The largest absolute Gasteiger partial charge is 0.493 e. The Morgan fingerprint density at radius 1 is 0.578 bits per heavy atom. The molecule has 0 amide bonds. The maximum absolute atomic E-state index is 14.1. The lowest BCUT2D eigenvalue weighted by Gasteiger charge is -2.27. The van der Waals surface area contributed by atoms with Gasteiger partial charge in [0.25, 0.3) is 0 Å². The summed E-state index contributed by atoms with van der Waals surface area (Å²) in [6.45, 7) is 2.95. The number of methoxy groups -OCH3 is 2. The third-order valence-corrected chi connectivity index (χ3v) is 12.0. The Morgan fingerprint density at radius 3 is 1.58 bits per heavy atom. The third-order valence-electron chi connectivity index (χ3n) is 12.0. The third kappa shape index (κ3) is 10.8. The zero-order valence-corrected chi connectivity index (χ0v) is 36.9. The predicted molar refractivity (Wildman–Crippen MR) is 248 cm³/mol. The average molecular weight is 861 g/mol. The number of anilines is 4. The second kappa shape index (κ2) is 21.0. The number of pyridine rings is 2. The predicted octanol–water partition coefficient (Wildman–Crippen LogP) is 11.3. The van der Waals surface area contributed by atoms with Gasteiger partial charge in [0.1, 0.15) is 0 Å². The Kier molecular flexibility index (Phi) is 14.4. The summed E-state index contributed by atoms with van der Waals surface area (Å²) in [5, 5.41) is 0. The van der Waals surface area contributed by atoms with E-state index in [-0.39, 0.29) is 18.6 Å². The fraction of sp³-hybridized carbons (Fsp3) is 0.321. The zero-order valence-electron chi connectivity index (χ0n) is 36.9. The lowest BCUT2D eigenvalue weighted by molar-refractivity contribution is -0.137. The Hall–Kier alpha value is -6.88. The van der Waals surface area contributed by atoms with Crippen LogP contribution in [0.4, 0.5) is 22.7 Å². The SMILES string of the molecule is CCc1ccc(N(Cc2cccnc2)c2ccc(OC)c(OC3CCCC3)c2)cc1C(=O)OC(=O)Cc1cccc(N(Cc2cccnc2)c2ccc(OC)c(OC3CCCC3)c2)c1. The van der Waals surface area contributed by atoms with Gasteiger partial charge < -0.3 is 33.5 Å². The number of benzene rings is 4. The minimum atomic E-state index is -0.701. The number of carbonyl (C=O) groups is 2. The van der Waals surface area contributed by atoms with Crippen molar-refractivity contribution >= 4 is 34.7 Å². The maximum atomic E-state index is 14.1. The molecule has 0 saturated heterocycles. The van der Waals surface area contributed by atoms with Gasteiger partial charge in [-0.3, -0.25) is 14.8 Å². The molecule has 0 N–H and O–H groups in total. The van der Waals surface area contributed by atoms with Gasteiger partial charge in [-0.2, -0.15) is 0 Å². The molecule has 0 spiro atoms. The molecule has 6 aromatic rings. The van der Waals surface area contributed by atoms with E-state index >= 15 is 0 Å². The number of ether oxygens (including phenoxy) is 5. The lowest BCUT2D eigenvalue weighted by atomic mass is 10.0. The highest BCUT2D eigenvalue weighted by atomic mass is 16.6. The monoisotopic (exact) mass is 860 g/mol. The number of esters is 2. The number of hydrogen-bond acceptors (Lipinski definition) is 11. The van der Waals surface area contributed by atoms with Crippen LogP contribution in [-0.2, 0) is 35.5 Å². The molecule has 64 heavy (non-hydrogen) atoms. The van der Waals surface area contributed by atoms with E-state index in [1.807, 2.05) is 122 Å². The highest BCUT2D eigenvalue weighted by molar-refractivity contribution is 5.99. The molecule has 0 radical (unpaired) electrons. The minimum absolute atomic E-state index is 0.108. The molecule has 11 heteroatoms. The van der Waals surface area contributed by atoms with Crippen molar-refractivity contribution in [3.8, 4) is 23.0 Å². The standard InChI is InChI=1S/C53H56N4O7/c1-4-40-20-21-42(57(36-39-14-11-27-55-34-39)44-23-25-49(61-3)51(32-44)63-46-18-7-8-19-46)30-47(40)53(59)64-52(58)29-37-12-9-15-41(28-37)56(35-38-13-10-26-54-33-38)43-22-24-48(60-2)50(31-43)62-45-16-5-6-17-45/h9-15,20-28,30-34,45-46H,4-8,16-19,29,35-36H2,1-3H3. The van der Waals surface area contributed by atoms with Gasteiger partial charge in [0.15, 0.2) is 23.0 Å². The molecule has 8 rings (SSSR count). The molecule has 2 fully saturated rings. The molecule has 2 heterocycles. The molecule has 4 aromatic carbocycles. The maximum Gasteiger partial charge on any atom is 0.346 e. The van der Waals surface area contributed by atoms with Gasteiger partial charge in [0, 0.05) is 72.8 Å². The van der Waals surface area contributed by atoms with Crippen LogP contribution in [0.3, 0.4) is 0 Å². The van der Waals surface area contributed by atoms with Crippen molar-refractivity contribution in [2.24, 2.45) is 0 Å². The van der Waals surface area contributed by atoms with Crippen molar-refractivity contribution in [1.82, 2.24) is 9.97 Å². The van der Waals surface area contributed by atoms with Crippen LogP contribution in [0.5, 0.6) is 23.0 Å². The molecule has 2 aliphatic rings. The summed E-state index contributed by atoms with van der Waals surface area (Å²) in [5.41, 5.74) is 7.11.